The summed E-state index contributed by atoms with van der Waals surface area (Å²) in [6, 6.07) is 13.7. The molecule has 7 nitrogen and oxygen atoms in total. The molecule has 2 aromatic heterocycles. The highest BCUT2D eigenvalue weighted by Crippen LogP contribution is 2.17. The van der Waals surface area contributed by atoms with Crippen LogP contribution in [0.1, 0.15) is 12.0 Å². The van der Waals surface area contributed by atoms with Crippen LogP contribution in [0, 0.1) is 0 Å². The van der Waals surface area contributed by atoms with Crippen molar-refractivity contribution in [2.24, 2.45) is 0 Å². The molecule has 7 heteroatoms. The maximum Gasteiger partial charge on any atom is 0.225 e. The van der Waals surface area contributed by atoms with Crippen molar-refractivity contribution >= 4 is 17.4 Å². The molecular weight excluding hydrogens is 354 g/mol. The number of nitrogens with zero attached hydrogens (tertiary/aromatic N) is 4. The van der Waals surface area contributed by atoms with E-state index in [-0.39, 0.29) is 5.91 Å². The lowest BCUT2D eigenvalue weighted by Gasteiger charge is -2.28. The number of benzene rings is 1. The summed E-state index contributed by atoms with van der Waals surface area (Å²) in [5.74, 6) is 0.515. The van der Waals surface area contributed by atoms with Crippen LogP contribution >= 0.6 is 0 Å². The number of pyridine rings is 1. The third kappa shape index (κ3) is 4.55. The number of ether oxygens (including phenoxy) is 1. The average Bonchev–Trinajstić information content (AvgIpc) is 3.23. The second kappa shape index (κ2) is 8.67. The number of hydrogen-bond acceptors (Lipinski definition) is 5. The fraction of sp³-hybridized carbons (Fsp3) is 0.286. The van der Waals surface area contributed by atoms with Gasteiger partial charge in [0.25, 0.3) is 0 Å². The minimum Gasteiger partial charge on any atom is -0.378 e. The first kappa shape index (κ1) is 18.2. The lowest BCUT2D eigenvalue weighted by atomic mass is 10.2. The molecule has 0 saturated carbocycles. The number of carbonyl (C=O) groups is 1. The van der Waals surface area contributed by atoms with Crippen molar-refractivity contribution < 1.29 is 9.53 Å². The Balaban J connectivity index is 1.28. The Kier molecular flexibility index (Phi) is 5.63. The summed E-state index contributed by atoms with van der Waals surface area (Å²) in [4.78, 5) is 18.8. The third-order valence-corrected chi connectivity index (χ3v) is 4.69. The van der Waals surface area contributed by atoms with Gasteiger partial charge in [-0.2, -0.15) is 5.10 Å². The van der Waals surface area contributed by atoms with Crippen LogP contribution < -0.4 is 10.2 Å². The number of rotatable bonds is 6. The largest absolute Gasteiger partial charge is 0.378 e. The SMILES string of the molecule is O=C(CCc1cnn(-c2ccccc2)c1)Nc1ccc(N2CCOCC2)cn1. The molecule has 0 bridgehead atoms. The van der Waals surface area contributed by atoms with Gasteiger partial charge in [0.05, 0.1) is 37.0 Å². The van der Waals surface area contributed by atoms with Gasteiger partial charge in [0, 0.05) is 25.7 Å². The number of morpholine rings is 1. The van der Waals surface area contributed by atoms with Crippen molar-refractivity contribution in [1.29, 1.82) is 0 Å². The molecule has 1 saturated heterocycles. The number of para-hydroxylation sites is 1. The molecule has 0 unspecified atom stereocenters. The minimum atomic E-state index is -0.0564. The van der Waals surface area contributed by atoms with Crippen molar-refractivity contribution in [3.8, 4) is 5.69 Å². The van der Waals surface area contributed by atoms with Gasteiger partial charge in [0.15, 0.2) is 0 Å². The molecule has 1 fully saturated rings. The number of hydrogen-bond donors (Lipinski definition) is 1. The Morgan fingerprint density at radius 3 is 2.61 bits per heavy atom. The van der Waals surface area contributed by atoms with Gasteiger partial charge in [-0.1, -0.05) is 18.2 Å². The van der Waals surface area contributed by atoms with Gasteiger partial charge in [0.2, 0.25) is 5.91 Å². The Hall–Kier alpha value is -3.19. The molecule has 3 aromatic rings. The van der Waals surface area contributed by atoms with Gasteiger partial charge in [-0.3, -0.25) is 4.79 Å². The van der Waals surface area contributed by atoms with Crippen molar-refractivity contribution in [2.45, 2.75) is 12.8 Å². The molecule has 1 N–H and O–H groups in total. The summed E-state index contributed by atoms with van der Waals surface area (Å²) in [7, 11) is 0. The van der Waals surface area contributed by atoms with Crippen LogP contribution in [0.2, 0.25) is 0 Å². The molecule has 0 atom stereocenters. The highest BCUT2D eigenvalue weighted by Gasteiger charge is 2.12. The molecule has 0 radical (unpaired) electrons. The summed E-state index contributed by atoms with van der Waals surface area (Å²) in [5, 5.41) is 7.22. The third-order valence-electron chi connectivity index (χ3n) is 4.69. The van der Waals surface area contributed by atoms with Crippen molar-refractivity contribution in [2.75, 3.05) is 36.5 Å². The molecule has 3 heterocycles. The molecule has 1 aliphatic heterocycles. The van der Waals surface area contributed by atoms with E-state index in [4.69, 9.17) is 4.74 Å². The molecule has 1 amide bonds. The minimum absolute atomic E-state index is 0.0564. The van der Waals surface area contributed by atoms with Gasteiger partial charge >= 0.3 is 0 Å². The standard InChI is InChI=1S/C21H23N5O2/c27-21(9-6-17-14-23-26(16-17)18-4-2-1-3-5-18)24-20-8-7-19(15-22-20)25-10-12-28-13-11-25/h1-5,7-8,14-16H,6,9-13H2,(H,22,24,27). The van der Waals surface area contributed by atoms with Gasteiger partial charge < -0.3 is 15.0 Å². The van der Waals surface area contributed by atoms with Gasteiger partial charge in [-0.25, -0.2) is 9.67 Å². The highest BCUT2D eigenvalue weighted by atomic mass is 16.5. The Labute approximate surface area is 164 Å². The first-order valence-corrected chi connectivity index (χ1v) is 9.45. The van der Waals surface area contributed by atoms with Crippen molar-refractivity contribution in [1.82, 2.24) is 14.8 Å². The lowest BCUT2D eigenvalue weighted by molar-refractivity contribution is -0.116. The summed E-state index contributed by atoms with van der Waals surface area (Å²) in [6.45, 7) is 3.20. The fourth-order valence-corrected chi connectivity index (χ4v) is 3.14. The Morgan fingerprint density at radius 1 is 1.04 bits per heavy atom. The van der Waals surface area contributed by atoms with E-state index in [1.54, 1.807) is 12.4 Å². The first-order chi connectivity index (χ1) is 13.8. The second-order valence-corrected chi connectivity index (χ2v) is 6.68. The summed E-state index contributed by atoms with van der Waals surface area (Å²) < 4.78 is 7.18. The summed E-state index contributed by atoms with van der Waals surface area (Å²) in [6.07, 6.45) is 6.57. The van der Waals surface area contributed by atoms with Crippen LogP contribution in [0.5, 0.6) is 0 Å². The summed E-state index contributed by atoms with van der Waals surface area (Å²) in [5.41, 5.74) is 3.08. The second-order valence-electron chi connectivity index (χ2n) is 6.68. The maximum absolute atomic E-state index is 12.2. The number of nitrogens with one attached hydrogen (secondary N) is 1. The highest BCUT2D eigenvalue weighted by molar-refractivity contribution is 5.89. The summed E-state index contributed by atoms with van der Waals surface area (Å²) >= 11 is 0. The zero-order chi connectivity index (χ0) is 19.2. The average molecular weight is 377 g/mol. The van der Waals surface area contributed by atoms with Crippen LogP contribution in [-0.2, 0) is 16.0 Å². The quantitative estimate of drug-likeness (QED) is 0.715. The molecule has 4 rings (SSSR count). The predicted octanol–water partition coefficient (Wildman–Crippen LogP) is 2.68. The van der Waals surface area contributed by atoms with E-state index in [0.717, 1.165) is 43.2 Å². The molecule has 0 aliphatic carbocycles. The van der Waals surface area contributed by atoms with Crippen LogP contribution in [0.15, 0.2) is 61.1 Å². The molecule has 1 aliphatic rings. The monoisotopic (exact) mass is 377 g/mol. The van der Waals surface area contributed by atoms with E-state index in [2.05, 4.69) is 20.3 Å². The van der Waals surface area contributed by atoms with E-state index in [0.29, 0.717) is 18.7 Å². The predicted molar refractivity (Wildman–Crippen MR) is 108 cm³/mol. The van der Waals surface area contributed by atoms with E-state index in [9.17, 15) is 4.79 Å². The number of anilines is 2. The molecule has 0 spiro atoms. The molecule has 1 aromatic carbocycles. The van der Waals surface area contributed by atoms with Crippen LogP contribution in [0.4, 0.5) is 11.5 Å². The van der Waals surface area contributed by atoms with Gasteiger partial charge in [-0.15, -0.1) is 0 Å². The van der Waals surface area contributed by atoms with Crippen LogP contribution in [-0.4, -0.2) is 47.0 Å². The number of carbonyl (C=O) groups excluding carboxylic acids is 1. The van der Waals surface area contributed by atoms with Crippen molar-refractivity contribution in [3.63, 3.8) is 0 Å². The van der Waals surface area contributed by atoms with Gasteiger partial charge in [-0.05, 0) is 36.2 Å². The maximum atomic E-state index is 12.2. The Bertz CT molecular complexity index is 902. The number of amides is 1. The zero-order valence-electron chi connectivity index (χ0n) is 15.6. The van der Waals surface area contributed by atoms with Crippen LogP contribution in [0.25, 0.3) is 5.69 Å². The zero-order valence-corrected chi connectivity index (χ0v) is 15.6. The van der Waals surface area contributed by atoms with E-state index in [1.807, 2.05) is 53.3 Å². The first-order valence-electron chi connectivity index (χ1n) is 9.45. The van der Waals surface area contributed by atoms with E-state index in [1.165, 1.54) is 0 Å². The topological polar surface area (TPSA) is 72.3 Å². The van der Waals surface area contributed by atoms with Gasteiger partial charge in [0.1, 0.15) is 5.82 Å². The van der Waals surface area contributed by atoms with Crippen LogP contribution in [0.3, 0.4) is 0 Å². The smallest absolute Gasteiger partial charge is 0.225 e. The molecule has 144 valence electrons. The fourth-order valence-electron chi connectivity index (χ4n) is 3.14. The van der Waals surface area contributed by atoms with Crippen molar-refractivity contribution in [3.05, 3.63) is 66.6 Å². The number of aromatic nitrogens is 3. The molecule has 28 heavy (non-hydrogen) atoms. The molecular formula is C21H23N5O2. The number of aryl methyl sites for hydroxylation is 1. The normalized spacial score (nSPS) is 14.1. The Morgan fingerprint density at radius 2 is 1.86 bits per heavy atom. The van der Waals surface area contributed by atoms with E-state index >= 15 is 0 Å². The van der Waals surface area contributed by atoms with E-state index < -0.39 is 0 Å². The lowest BCUT2D eigenvalue weighted by Crippen LogP contribution is -2.36.